The number of piperazine rings is 1. The van der Waals surface area contributed by atoms with Gasteiger partial charge in [-0.2, -0.15) is 0 Å². The molecule has 0 atom stereocenters. The van der Waals surface area contributed by atoms with E-state index in [0.29, 0.717) is 5.69 Å². The van der Waals surface area contributed by atoms with Gasteiger partial charge in [-0.15, -0.1) is 0 Å². The summed E-state index contributed by atoms with van der Waals surface area (Å²) in [5.74, 6) is 0.0425. The van der Waals surface area contributed by atoms with Crippen molar-refractivity contribution in [1.29, 1.82) is 0 Å². The molecule has 2 heterocycles. The summed E-state index contributed by atoms with van der Waals surface area (Å²) < 4.78 is 0. The van der Waals surface area contributed by atoms with Crippen LogP contribution in [0.2, 0.25) is 0 Å². The van der Waals surface area contributed by atoms with Gasteiger partial charge in [0.1, 0.15) is 5.69 Å². The molecule has 1 saturated carbocycles. The minimum Gasteiger partial charge on any atom is -0.329 e. The Morgan fingerprint density at radius 3 is 2.75 bits per heavy atom. The molecule has 0 bridgehead atoms. The Balaban J connectivity index is 1.85. The number of carbonyl (C=O) groups excluding carboxylic acids is 1. The Labute approximate surface area is 119 Å². The fraction of sp³-hybridized carbons (Fsp3) is 0.667. The maximum atomic E-state index is 12.8. The Morgan fingerprint density at radius 2 is 2.05 bits per heavy atom. The van der Waals surface area contributed by atoms with Gasteiger partial charge < -0.3 is 10.2 Å². The van der Waals surface area contributed by atoms with Crippen LogP contribution in [-0.2, 0) is 0 Å². The van der Waals surface area contributed by atoms with Crippen molar-refractivity contribution in [2.45, 2.75) is 44.6 Å². The Morgan fingerprint density at radius 1 is 1.25 bits per heavy atom. The van der Waals surface area contributed by atoms with Crippen LogP contribution in [-0.4, -0.2) is 45.9 Å². The molecule has 1 aromatic rings. The molecule has 2 aliphatic rings. The summed E-state index contributed by atoms with van der Waals surface area (Å²) in [5, 5.41) is 3.46. The van der Waals surface area contributed by atoms with Crippen molar-refractivity contribution < 1.29 is 4.79 Å². The summed E-state index contributed by atoms with van der Waals surface area (Å²) in [6, 6.07) is 0. The summed E-state index contributed by atoms with van der Waals surface area (Å²) in [7, 11) is 0. The van der Waals surface area contributed by atoms with Crippen molar-refractivity contribution in [3.8, 4) is 0 Å². The van der Waals surface area contributed by atoms with Gasteiger partial charge in [-0.05, 0) is 19.8 Å². The molecular formula is C15H22N4O. The van der Waals surface area contributed by atoms with Crippen LogP contribution >= 0.6 is 0 Å². The quantitative estimate of drug-likeness (QED) is 0.844. The largest absolute Gasteiger partial charge is 0.329 e. The molecule has 20 heavy (non-hydrogen) atoms. The molecule has 0 unspecified atom stereocenters. The number of rotatable bonds is 1. The highest BCUT2D eigenvalue weighted by Gasteiger charge is 2.42. The number of aryl methyl sites for hydroxylation is 1. The van der Waals surface area contributed by atoms with Crippen molar-refractivity contribution >= 4 is 5.91 Å². The molecule has 1 saturated heterocycles. The van der Waals surface area contributed by atoms with E-state index < -0.39 is 0 Å². The molecule has 5 heteroatoms. The molecule has 1 N–H and O–H groups in total. The minimum absolute atomic E-state index is 0.000148. The molecular weight excluding hydrogens is 252 g/mol. The SMILES string of the molecule is Cc1cnc(C(=O)N2CCNCC23CCCCC3)cn1. The molecule has 1 aliphatic carbocycles. The van der Waals surface area contributed by atoms with E-state index in [-0.39, 0.29) is 11.4 Å². The molecule has 3 rings (SSSR count). The van der Waals surface area contributed by atoms with E-state index in [1.165, 1.54) is 19.3 Å². The van der Waals surface area contributed by atoms with E-state index in [9.17, 15) is 4.79 Å². The second-order valence-electron chi connectivity index (χ2n) is 5.96. The molecule has 1 aliphatic heterocycles. The third-order valence-electron chi connectivity index (χ3n) is 4.57. The van der Waals surface area contributed by atoms with Crippen LogP contribution < -0.4 is 5.32 Å². The smallest absolute Gasteiger partial charge is 0.274 e. The Bertz CT molecular complexity index is 471. The summed E-state index contributed by atoms with van der Waals surface area (Å²) in [4.78, 5) is 23.3. The van der Waals surface area contributed by atoms with Crippen LogP contribution in [0.1, 0.15) is 48.3 Å². The lowest BCUT2D eigenvalue weighted by Gasteiger charge is -2.49. The number of nitrogens with one attached hydrogen (secondary N) is 1. The first-order chi connectivity index (χ1) is 9.71. The molecule has 1 spiro atoms. The molecule has 1 amide bonds. The van der Waals surface area contributed by atoms with Crippen molar-refractivity contribution in [3.05, 3.63) is 23.8 Å². The lowest BCUT2D eigenvalue weighted by atomic mass is 9.79. The predicted octanol–water partition coefficient (Wildman–Crippen LogP) is 1.53. The highest BCUT2D eigenvalue weighted by atomic mass is 16.2. The van der Waals surface area contributed by atoms with Gasteiger partial charge in [0.2, 0.25) is 0 Å². The van der Waals surface area contributed by atoms with Gasteiger partial charge in [-0.3, -0.25) is 9.78 Å². The molecule has 0 radical (unpaired) electrons. The third-order valence-corrected chi connectivity index (χ3v) is 4.57. The van der Waals surface area contributed by atoms with Gasteiger partial charge in [0, 0.05) is 25.8 Å². The van der Waals surface area contributed by atoms with Crippen LogP contribution in [0.15, 0.2) is 12.4 Å². The summed E-state index contributed by atoms with van der Waals surface area (Å²) in [5.41, 5.74) is 1.32. The zero-order chi connectivity index (χ0) is 14.0. The molecule has 2 fully saturated rings. The van der Waals surface area contributed by atoms with Crippen LogP contribution in [0.5, 0.6) is 0 Å². The van der Waals surface area contributed by atoms with Gasteiger partial charge in [0.25, 0.3) is 5.91 Å². The fourth-order valence-corrected chi connectivity index (χ4v) is 3.46. The van der Waals surface area contributed by atoms with E-state index in [1.807, 2.05) is 6.92 Å². The number of aromatic nitrogens is 2. The van der Waals surface area contributed by atoms with E-state index >= 15 is 0 Å². The maximum Gasteiger partial charge on any atom is 0.274 e. The van der Waals surface area contributed by atoms with Gasteiger partial charge in [0.15, 0.2) is 0 Å². The first-order valence-corrected chi connectivity index (χ1v) is 7.53. The normalized spacial score (nSPS) is 21.9. The monoisotopic (exact) mass is 274 g/mol. The molecule has 1 aromatic heterocycles. The average molecular weight is 274 g/mol. The van der Waals surface area contributed by atoms with Gasteiger partial charge >= 0.3 is 0 Å². The average Bonchev–Trinajstić information content (AvgIpc) is 2.49. The van der Waals surface area contributed by atoms with E-state index in [4.69, 9.17) is 0 Å². The van der Waals surface area contributed by atoms with E-state index in [2.05, 4.69) is 20.2 Å². The first-order valence-electron chi connectivity index (χ1n) is 7.53. The van der Waals surface area contributed by atoms with Crippen LogP contribution in [0.3, 0.4) is 0 Å². The van der Waals surface area contributed by atoms with E-state index in [1.54, 1.807) is 12.4 Å². The highest BCUT2D eigenvalue weighted by Crippen LogP contribution is 2.35. The zero-order valence-electron chi connectivity index (χ0n) is 12.1. The zero-order valence-corrected chi connectivity index (χ0v) is 12.1. The van der Waals surface area contributed by atoms with Crippen LogP contribution in [0, 0.1) is 6.92 Å². The van der Waals surface area contributed by atoms with Gasteiger partial charge in [-0.25, -0.2) is 4.98 Å². The van der Waals surface area contributed by atoms with Gasteiger partial charge in [-0.1, -0.05) is 19.3 Å². The number of hydrogen-bond donors (Lipinski definition) is 1. The highest BCUT2D eigenvalue weighted by molar-refractivity contribution is 5.92. The number of carbonyl (C=O) groups is 1. The minimum atomic E-state index is 0.000148. The fourth-order valence-electron chi connectivity index (χ4n) is 3.46. The predicted molar refractivity (Wildman–Crippen MR) is 76.5 cm³/mol. The van der Waals surface area contributed by atoms with Crippen molar-refractivity contribution in [2.24, 2.45) is 0 Å². The third kappa shape index (κ3) is 2.42. The second-order valence-corrected chi connectivity index (χ2v) is 5.96. The van der Waals surface area contributed by atoms with Crippen molar-refractivity contribution in [2.75, 3.05) is 19.6 Å². The second kappa shape index (κ2) is 5.48. The van der Waals surface area contributed by atoms with Crippen LogP contribution in [0.25, 0.3) is 0 Å². The number of amides is 1. The number of hydrogen-bond acceptors (Lipinski definition) is 4. The van der Waals surface area contributed by atoms with Crippen molar-refractivity contribution in [1.82, 2.24) is 20.2 Å². The molecule has 5 nitrogen and oxygen atoms in total. The first kappa shape index (κ1) is 13.5. The lowest BCUT2D eigenvalue weighted by Crippen LogP contribution is -2.63. The Hall–Kier alpha value is -1.49. The van der Waals surface area contributed by atoms with Crippen molar-refractivity contribution in [3.63, 3.8) is 0 Å². The molecule has 108 valence electrons. The summed E-state index contributed by atoms with van der Waals surface area (Å²) in [6.45, 7) is 4.44. The molecule has 0 aromatic carbocycles. The van der Waals surface area contributed by atoms with Gasteiger partial charge in [0.05, 0.1) is 17.4 Å². The lowest BCUT2D eigenvalue weighted by molar-refractivity contribution is 0.0217. The van der Waals surface area contributed by atoms with Crippen LogP contribution in [0.4, 0.5) is 0 Å². The maximum absolute atomic E-state index is 12.8. The summed E-state index contributed by atoms with van der Waals surface area (Å²) in [6.07, 6.45) is 9.19. The van der Waals surface area contributed by atoms with E-state index in [0.717, 1.165) is 38.2 Å². The number of nitrogens with zero attached hydrogens (tertiary/aromatic N) is 3. The summed E-state index contributed by atoms with van der Waals surface area (Å²) >= 11 is 0. The topological polar surface area (TPSA) is 58.1 Å². The Kier molecular flexibility index (Phi) is 3.70. The standard InChI is InChI=1S/C15H22N4O/c1-12-9-18-13(10-17-12)14(20)19-8-7-16-11-15(19)5-3-2-4-6-15/h9-10,16H,2-8,11H2,1H3.